The van der Waals surface area contributed by atoms with E-state index in [1.807, 2.05) is 0 Å². The monoisotopic (exact) mass is 296 g/mol. The molecule has 2 rings (SSSR count). The summed E-state index contributed by atoms with van der Waals surface area (Å²) in [6.45, 7) is 7.29. The number of carbonyl (C=O) groups excluding carboxylic acids is 1. The summed E-state index contributed by atoms with van der Waals surface area (Å²) in [5.74, 6) is 0.145. The predicted octanol–water partition coefficient (Wildman–Crippen LogP) is 3.04. The Morgan fingerprint density at radius 1 is 1.45 bits per heavy atom. The molecule has 0 bridgehead atoms. The minimum absolute atomic E-state index is 0. The van der Waals surface area contributed by atoms with Crippen LogP contribution in [0.15, 0.2) is 18.2 Å². The summed E-state index contributed by atoms with van der Waals surface area (Å²) in [7, 11) is 0. The van der Waals surface area contributed by atoms with Gasteiger partial charge in [-0.25, -0.2) is 0 Å². The van der Waals surface area contributed by atoms with Gasteiger partial charge in [0.15, 0.2) is 0 Å². The van der Waals surface area contributed by atoms with Crippen molar-refractivity contribution in [2.24, 2.45) is 0 Å². The molecule has 3 nitrogen and oxygen atoms in total. The zero-order chi connectivity index (χ0) is 13.8. The fraction of sp³-hybridized carbons (Fsp3) is 0.562. The molecular weight excluding hydrogens is 272 g/mol. The Morgan fingerprint density at radius 3 is 2.80 bits per heavy atom. The van der Waals surface area contributed by atoms with Crippen molar-refractivity contribution < 1.29 is 4.79 Å². The lowest BCUT2D eigenvalue weighted by Crippen LogP contribution is -2.33. The number of carbonyl (C=O) groups is 1. The zero-order valence-corrected chi connectivity index (χ0v) is 13.3. The Hall–Kier alpha value is -1.06. The number of halogens is 1. The molecule has 0 spiro atoms. The lowest BCUT2D eigenvalue weighted by atomic mass is 10.00. The van der Waals surface area contributed by atoms with Gasteiger partial charge in [-0.3, -0.25) is 4.79 Å². The van der Waals surface area contributed by atoms with Gasteiger partial charge in [-0.05, 0) is 51.3 Å². The lowest BCUT2D eigenvalue weighted by molar-refractivity contribution is -0.122. The minimum Gasteiger partial charge on any atom is -0.350 e. The molecule has 112 valence electrons. The first-order valence-electron chi connectivity index (χ1n) is 7.16. The van der Waals surface area contributed by atoms with Crippen molar-refractivity contribution in [1.29, 1.82) is 0 Å². The molecule has 1 heterocycles. The third-order valence-corrected chi connectivity index (χ3v) is 3.86. The average molecular weight is 297 g/mol. The summed E-state index contributed by atoms with van der Waals surface area (Å²) in [4.78, 5) is 12.0. The van der Waals surface area contributed by atoms with E-state index in [9.17, 15) is 4.79 Å². The quantitative estimate of drug-likeness (QED) is 0.897. The van der Waals surface area contributed by atoms with E-state index < -0.39 is 0 Å². The maximum atomic E-state index is 12.0. The van der Waals surface area contributed by atoms with Crippen LogP contribution in [0.5, 0.6) is 0 Å². The molecule has 2 atom stereocenters. The molecule has 4 heteroatoms. The highest BCUT2D eigenvalue weighted by molar-refractivity contribution is 5.85. The van der Waals surface area contributed by atoms with Crippen LogP contribution in [-0.4, -0.2) is 18.5 Å². The Kier molecular flexibility index (Phi) is 6.50. The molecule has 1 saturated heterocycles. The number of rotatable bonds is 4. The van der Waals surface area contributed by atoms with Crippen molar-refractivity contribution in [2.75, 3.05) is 6.54 Å². The summed E-state index contributed by atoms with van der Waals surface area (Å²) in [5.41, 5.74) is 3.71. The summed E-state index contributed by atoms with van der Waals surface area (Å²) >= 11 is 0. The molecule has 1 fully saturated rings. The molecule has 0 saturated carbocycles. The van der Waals surface area contributed by atoms with Gasteiger partial charge in [0, 0.05) is 12.5 Å². The first-order chi connectivity index (χ1) is 9.06. The van der Waals surface area contributed by atoms with Crippen molar-refractivity contribution in [1.82, 2.24) is 10.6 Å². The lowest BCUT2D eigenvalue weighted by Gasteiger charge is -2.18. The molecule has 2 unspecified atom stereocenters. The molecule has 1 amide bonds. The smallest absolute Gasteiger partial charge is 0.222 e. The summed E-state index contributed by atoms with van der Waals surface area (Å²) in [6, 6.07) is 6.82. The summed E-state index contributed by atoms with van der Waals surface area (Å²) in [6.07, 6.45) is 2.89. The largest absolute Gasteiger partial charge is 0.350 e. The summed E-state index contributed by atoms with van der Waals surface area (Å²) in [5, 5.41) is 6.46. The first kappa shape index (κ1) is 17.0. The van der Waals surface area contributed by atoms with Crippen molar-refractivity contribution in [3.8, 4) is 0 Å². The Bertz CT molecular complexity index is 456. The topological polar surface area (TPSA) is 41.1 Å². The molecule has 1 aliphatic heterocycles. The Labute approximate surface area is 127 Å². The number of amides is 1. The van der Waals surface area contributed by atoms with Gasteiger partial charge < -0.3 is 10.6 Å². The van der Waals surface area contributed by atoms with E-state index in [0.717, 1.165) is 13.0 Å². The van der Waals surface area contributed by atoms with Gasteiger partial charge in [-0.2, -0.15) is 0 Å². The van der Waals surface area contributed by atoms with Gasteiger partial charge in [0.1, 0.15) is 0 Å². The number of hydrogen-bond acceptors (Lipinski definition) is 2. The molecule has 1 aromatic carbocycles. The second-order valence-electron chi connectivity index (χ2n) is 5.65. The van der Waals surface area contributed by atoms with Crippen molar-refractivity contribution in [2.45, 2.75) is 52.1 Å². The van der Waals surface area contributed by atoms with Crippen LogP contribution in [0.1, 0.15) is 48.9 Å². The Balaban J connectivity index is 0.00000200. The van der Waals surface area contributed by atoms with Crippen LogP contribution in [0.3, 0.4) is 0 Å². The second kappa shape index (κ2) is 7.65. The van der Waals surface area contributed by atoms with E-state index in [-0.39, 0.29) is 24.4 Å². The van der Waals surface area contributed by atoms with E-state index in [1.165, 1.54) is 23.1 Å². The van der Waals surface area contributed by atoms with E-state index in [2.05, 4.69) is 49.6 Å². The molecule has 1 aromatic rings. The first-order valence-corrected chi connectivity index (χ1v) is 7.16. The van der Waals surface area contributed by atoms with Crippen LogP contribution >= 0.6 is 12.4 Å². The van der Waals surface area contributed by atoms with E-state index >= 15 is 0 Å². The highest BCUT2D eigenvalue weighted by Gasteiger charge is 2.19. The van der Waals surface area contributed by atoms with Gasteiger partial charge >= 0.3 is 0 Å². The predicted molar refractivity (Wildman–Crippen MR) is 85.4 cm³/mol. The number of benzene rings is 1. The minimum atomic E-state index is 0. The van der Waals surface area contributed by atoms with E-state index in [1.54, 1.807) is 0 Å². The van der Waals surface area contributed by atoms with Crippen molar-refractivity contribution >= 4 is 18.3 Å². The molecule has 20 heavy (non-hydrogen) atoms. The van der Waals surface area contributed by atoms with Crippen LogP contribution in [0.25, 0.3) is 0 Å². The standard InChI is InChI=1S/C16H24N2O.ClH/c1-11-6-7-15(12(2)9-11)13(3)18-16(19)10-14-5-4-8-17-14;/h6-7,9,13-14,17H,4-5,8,10H2,1-3H3,(H,18,19);1H. The molecule has 2 N–H and O–H groups in total. The SMILES string of the molecule is Cc1ccc(C(C)NC(=O)CC2CCCN2)c(C)c1.Cl. The molecule has 0 aromatic heterocycles. The maximum absolute atomic E-state index is 12.0. The number of hydrogen-bond donors (Lipinski definition) is 2. The van der Waals surface area contributed by atoms with Gasteiger partial charge in [-0.15, -0.1) is 12.4 Å². The van der Waals surface area contributed by atoms with Crippen molar-refractivity contribution in [3.05, 3.63) is 34.9 Å². The molecule has 1 aliphatic rings. The highest BCUT2D eigenvalue weighted by atomic mass is 35.5. The third kappa shape index (κ3) is 4.50. The Morgan fingerprint density at radius 2 is 2.20 bits per heavy atom. The van der Waals surface area contributed by atoms with Crippen LogP contribution in [0, 0.1) is 13.8 Å². The van der Waals surface area contributed by atoms with Crippen LogP contribution in [-0.2, 0) is 4.79 Å². The summed E-state index contributed by atoms with van der Waals surface area (Å²) < 4.78 is 0. The average Bonchev–Trinajstić information content (AvgIpc) is 2.81. The molecule has 0 aliphatic carbocycles. The molecular formula is C16H25ClN2O. The zero-order valence-electron chi connectivity index (χ0n) is 12.5. The molecule has 0 radical (unpaired) electrons. The number of aryl methyl sites for hydroxylation is 2. The van der Waals surface area contributed by atoms with Gasteiger partial charge in [0.25, 0.3) is 0 Å². The van der Waals surface area contributed by atoms with Crippen LogP contribution in [0.2, 0.25) is 0 Å². The van der Waals surface area contributed by atoms with Gasteiger partial charge in [-0.1, -0.05) is 23.8 Å². The van der Waals surface area contributed by atoms with Crippen LogP contribution in [0.4, 0.5) is 0 Å². The maximum Gasteiger partial charge on any atom is 0.222 e. The fourth-order valence-electron chi connectivity index (χ4n) is 2.84. The van der Waals surface area contributed by atoms with Crippen molar-refractivity contribution in [3.63, 3.8) is 0 Å². The van der Waals surface area contributed by atoms with Gasteiger partial charge in [0.05, 0.1) is 6.04 Å². The van der Waals surface area contributed by atoms with Gasteiger partial charge in [0.2, 0.25) is 5.91 Å². The third-order valence-electron chi connectivity index (χ3n) is 3.86. The van der Waals surface area contributed by atoms with E-state index in [0.29, 0.717) is 12.5 Å². The highest BCUT2D eigenvalue weighted by Crippen LogP contribution is 2.19. The normalized spacial score (nSPS) is 19.2. The fourth-order valence-corrected chi connectivity index (χ4v) is 2.84. The number of nitrogens with one attached hydrogen (secondary N) is 2. The van der Waals surface area contributed by atoms with Crippen LogP contribution < -0.4 is 10.6 Å². The van der Waals surface area contributed by atoms with E-state index in [4.69, 9.17) is 0 Å². The second-order valence-corrected chi connectivity index (χ2v) is 5.65.